The Morgan fingerprint density at radius 2 is 1.14 bits per heavy atom. The number of carbonyl (C=O) groups excluding carboxylic acids is 2. The van der Waals surface area contributed by atoms with Crippen LogP contribution in [0.5, 0.6) is 0 Å². The molecule has 0 aromatic heterocycles. The van der Waals surface area contributed by atoms with Crippen LogP contribution in [0.4, 0.5) is 0 Å². The van der Waals surface area contributed by atoms with Gasteiger partial charge < -0.3 is 19.8 Å². The van der Waals surface area contributed by atoms with Crippen molar-refractivity contribution in [1.82, 2.24) is 0 Å². The second-order valence-electron chi connectivity index (χ2n) is 2.11. The van der Waals surface area contributed by atoms with Crippen LogP contribution < -0.4 is 69.3 Å². The van der Waals surface area contributed by atoms with Crippen molar-refractivity contribution in [3.8, 4) is 0 Å². The standard InChI is InChI=1S/C6H10O4S2.2Na/c1-3(5(7)8)11-12-4(2)6(9)10;;/h3-4H,1-2H3,(H,7,8)(H,9,10);;/q;2*+1/p-2. The Balaban J connectivity index is -0.000000605. The molecular weight excluding hydrogens is 246 g/mol. The molecule has 0 aromatic rings. The van der Waals surface area contributed by atoms with E-state index >= 15 is 0 Å². The molecular formula is C6H8Na2O4S2. The van der Waals surface area contributed by atoms with Crippen molar-refractivity contribution >= 4 is 33.5 Å². The van der Waals surface area contributed by atoms with Crippen LogP contribution in [-0.4, -0.2) is 22.4 Å². The van der Waals surface area contributed by atoms with Crippen LogP contribution in [0, 0.1) is 0 Å². The van der Waals surface area contributed by atoms with Crippen LogP contribution in [-0.2, 0) is 9.59 Å². The normalized spacial score (nSPS) is 13.0. The number of aliphatic carboxylic acids is 2. The van der Waals surface area contributed by atoms with Gasteiger partial charge in [0.15, 0.2) is 0 Å². The minimum absolute atomic E-state index is 0. The quantitative estimate of drug-likeness (QED) is 0.358. The third-order valence-electron chi connectivity index (χ3n) is 1.01. The Bertz CT molecular complexity index is 171. The van der Waals surface area contributed by atoms with E-state index in [-0.39, 0.29) is 59.1 Å². The van der Waals surface area contributed by atoms with Gasteiger partial charge in [0.1, 0.15) is 0 Å². The maximum atomic E-state index is 10.2. The molecule has 14 heavy (non-hydrogen) atoms. The minimum Gasteiger partial charge on any atom is -0.549 e. The van der Waals surface area contributed by atoms with Gasteiger partial charge in [0, 0.05) is 0 Å². The van der Waals surface area contributed by atoms with Gasteiger partial charge in [-0.3, -0.25) is 0 Å². The number of hydrogen-bond donors (Lipinski definition) is 0. The summed E-state index contributed by atoms with van der Waals surface area (Å²) >= 11 is 0. The van der Waals surface area contributed by atoms with E-state index in [0.717, 1.165) is 21.6 Å². The molecule has 0 aliphatic rings. The first-order chi connectivity index (χ1) is 5.45. The van der Waals surface area contributed by atoms with Gasteiger partial charge in [-0.25, -0.2) is 0 Å². The summed E-state index contributed by atoms with van der Waals surface area (Å²) in [4.78, 5) is 20.3. The molecule has 0 aromatic carbocycles. The SMILES string of the molecule is CC(SSC(C)C(=O)[O-])C(=O)[O-].[Na+].[Na+]. The maximum Gasteiger partial charge on any atom is 1.00 e. The molecule has 0 saturated carbocycles. The van der Waals surface area contributed by atoms with Crippen molar-refractivity contribution in [1.29, 1.82) is 0 Å². The van der Waals surface area contributed by atoms with Crippen LogP contribution >= 0.6 is 21.6 Å². The monoisotopic (exact) mass is 254 g/mol. The summed E-state index contributed by atoms with van der Waals surface area (Å²) in [5.41, 5.74) is 0. The molecule has 0 fully saturated rings. The van der Waals surface area contributed by atoms with Crippen LogP contribution in [0.1, 0.15) is 13.8 Å². The molecule has 0 radical (unpaired) electrons. The molecule has 0 aliphatic carbocycles. The van der Waals surface area contributed by atoms with Gasteiger partial charge >= 0.3 is 59.1 Å². The van der Waals surface area contributed by atoms with E-state index in [1.165, 1.54) is 13.8 Å². The Morgan fingerprint density at radius 3 is 1.29 bits per heavy atom. The molecule has 0 N–H and O–H groups in total. The summed E-state index contributed by atoms with van der Waals surface area (Å²) in [6, 6.07) is 0. The molecule has 8 heteroatoms. The molecule has 4 nitrogen and oxygen atoms in total. The van der Waals surface area contributed by atoms with Crippen LogP contribution in [0.25, 0.3) is 0 Å². The zero-order valence-electron chi connectivity index (χ0n) is 8.60. The third-order valence-corrected chi connectivity index (χ3v) is 4.15. The van der Waals surface area contributed by atoms with E-state index in [9.17, 15) is 19.8 Å². The van der Waals surface area contributed by atoms with Gasteiger partial charge in [-0.1, -0.05) is 21.6 Å². The van der Waals surface area contributed by atoms with Crippen molar-refractivity contribution in [2.24, 2.45) is 0 Å². The minimum atomic E-state index is -1.20. The molecule has 70 valence electrons. The molecule has 0 amide bonds. The van der Waals surface area contributed by atoms with Gasteiger partial charge in [-0.05, 0) is 13.8 Å². The number of carboxylic acid groups (broad SMARTS) is 2. The van der Waals surface area contributed by atoms with E-state index < -0.39 is 22.4 Å². The molecule has 0 rings (SSSR count). The fourth-order valence-corrected chi connectivity index (χ4v) is 2.21. The second-order valence-corrected chi connectivity index (χ2v) is 5.07. The number of hydrogen-bond acceptors (Lipinski definition) is 6. The molecule has 2 unspecified atom stereocenters. The van der Waals surface area contributed by atoms with Gasteiger partial charge in [0.2, 0.25) is 0 Å². The van der Waals surface area contributed by atoms with Gasteiger partial charge in [-0.2, -0.15) is 0 Å². The molecule has 0 aliphatic heterocycles. The van der Waals surface area contributed by atoms with Crippen LogP contribution in [0.2, 0.25) is 0 Å². The second kappa shape index (κ2) is 11.1. The summed E-state index contributed by atoms with van der Waals surface area (Å²) in [5.74, 6) is -2.39. The van der Waals surface area contributed by atoms with Crippen molar-refractivity contribution in [2.45, 2.75) is 24.3 Å². The zero-order chi connectivity index (χ0) is 9.72. The summed E-state index contributed by atoms with van der Waals surface area (Å²) in [5, 5.41) is 18.9. The smallest absolute Gasteiger partial charge is 0.549 e. The number of rotatable bonds is 5. The summed E-state index contributed by atoms with van der Waals surface area (Å²) in [6.07, 6.45) is 0. The predicted octanol–water partition coefficient (Wildman–Crippen LogP) is -7.35. The molecule has 0 bridgehead atoms. The summed E-state index contributed by atoms with van der Waals surface area (Å²) in [7, 11) is 1.91. The Kier molecular flexibility index (Phi) is 16.7. The van der Waals surface area contributed by atoms with E-state index in [2.05, 4.69) is 0 Å². The van der Waals surface area contributed by atoms with E-state index in [0.29, 0.717) is 0 Å². The molecule has 0 spiro atoms. The first-order valence-electron chi connectivity index (χ1n) is 3.19. The van der Waals surface area contributed by atoms with E-state index in [1.54, 1.807) is 0 Å². The summed E-state index contributed by atoms with van der Waals surface area (Å²) in [6.45, 7) is 2.88. The topological polar surface area (TPSA) is 80.3 Å². The van der Waals surface area contributed by atoms with Gasteiger partial charge in [-0.15, -0.1) is 0 Å². The molecule has 2 atom stereocenters. The Morgan fingerprint density at radius 1 is 0.929 bits per heavy atom. The maximum absolute atomic E-state index is 10.2. The molecule has 0 heterocycles. The van der Waals surface area contributed by atoms with Crippen LogP contribution in [0.3, 0.4) is 0 Å². The molecule has 0 saturated heterocycles. The van der Waals surface area contributed by atoms with Crippen LogP contribution in [0.15, 0.2) is 0 Å². The Labute approximate surface area is 135 Å². The first-order valence-corrected chi connectivity index (χ1v) is 5.46. The fourth-order valence-electron chi connectivity index (χ4n) is 0.245. The summed E-state index contributed by atoms with van der Waals surface area (Å²) < 4.78 is 0. The van der Waals surface area contributed by atoms with Crippen molar-refractivity contribution < 1.29 is 78.9 Å². The largest absolute Gasteiger partial charge is 1.00 e. The fraction of sp³-hybridized carbons (Fsp3) is 0.667. The predicted molar refractivity (Wildman–Crippen MR) is 44.1 cm³/mol. The Hall–Kier alpha value is 1.64. The van der Waals surface area contributed by atoms with Gasteiger partial charge in [0.05, 0.1) is 22.4 Å². The average Bonchev–Trinajstić information content (AvgIpc) is 1.98. The van der Waals surface area contributed by atoms with Crippen molar-refractivity contribution in [3.05, 3.63) is 0 Å². The third kappa shape index (κ3) is 10.2. The average molecular weight is 254 g/mol. The van der Waals surface area contributed by atoms with Crippen molar-refractivity contribution in [2.75, 3.05) is 0 Å². The first kappa shape index (κ1) is 21.0. The number of carboxylic acids is 2. The number of carbonyl (C=O) groups is 2. The zero-order valence-corrected chi connectivity index (χ0v) is 14.2. The van der Waals surface area contributed by atoms with Crippen molar-refractivity contribution in [3.63, 3.8) is 0 Å². The van der Waals surface area contributed by atoms with Gasteiger partial charge in [0.25, 0.3) is 0 Å². The van der Waals surface area contributed by atoms with E-state index in [1.807, 2.05) is 0 Å². The van der Waals surface area contributed by atoms with E-state index in [4.69, 9.17) is 0 Å².